The van der Waals surface area contributed by atoms with E-state index in [1.165, 1.54) is 25.7 Å². The van der Waals surface area contributed by atoms with Crippen LogP contribution in [0.5, 0.6) is 0 Å². The average Bonchev–Trinajstić information content (AvgIpc) is 2.93. The number of aromatic nitrogens is 2. The quantitative estimate of drug-likeness (QED) is 0.907. The fourth-order valence-electron chi connectivity index (χ4n) is 3.92. The lowest BCUT2D eigenvalue weighted by molar-refractivity contribution is -0.135. The van der Waals surface area contributed by atoms with Gasteiger partial charge in [0.15, 0.2) is 0 Å². The molecular weight excluding hydrogens is 288 g/mol. The van der Waals surface area contributed by atoms with Crippen LogP contribution in [0.2, 0.25) is 0 Å². The number of nitrogens with zero attached hydrogens (tertiary/aromatic N) is 3. The maximum Gasteiger partial charge on any atom is 0.223 e. The molecule has 1 aromatic rings. The Morgan fingerprint density at radius 2 is 1.87 bits per heavy atom. The van der Waals surface area contributed by atoms with Crippen molar-refractivity contribution in [2.75, 3.05) is 13.1 Å². The second-order valence-corrected chi connectivity index (χ2v) is 6.96. The number of rotatable bonds is 5. The van der Waals surface area contributed by atoms with Crippen molar-refractivity contribution < 1.29 is 4.79 Å². The molecule has 0 spiro atoms. The highest BCUT2D eigenvalue weighted by atomic mass is 16.2. The second kappa shape index (κ2) is 8.39. The molecule has 1 saturated heterocycles. The number of hydrogen-bond acceptors (Lipinski definition) is 4. The van der Waals surface area contributed by atoms with Gasteiger partial charge in [0.25, 0.3) is 0 Å². The fraction of sp³-hybridized carbons (Fsp3) is 0.722. The van der Waals surface area contributed by atoms with E-state index in [0.717, 1.165) is 44.3 Å². The molecule has 1 atom stereocenters. The first kappa shape index (κ1) is 16.4. The van der Waals surface area contributed by atoms with E-state index in [4.69, 9.17) is 0 Å². The minimum absolute atomic E-state index is 0.327. The molecule has 0 bridgehead atoms. The molecule has 126 valence electrons. The molecule has 1 aromatic heterocycles. The van der Waals surface area contributed by atoms with Gasteiger partial charge in [-0.3, -0.25) is 4.79 Å². The molecule has 3 rings (SSSR count). The lowest BCUT2D eigenvalue weighted by Gasteiger charge is -2.32. The van der Waals surface area contributed by atoms with Crippen LogP contribution >= 0.6 is 0 Å². The van der Waals surface area contributed by atoms with Crippen LogP contribution in [-0.2, 0) is 11.3 Å². The zero-order valence-corrected chi connectivity index (χ0v) is 13.9. The smallest absolute Gasteiger partial charge is 0.223 e. The van der Waals surface area contributed by atoms with Crippen molar-refractivity contribution in [1.82, 2.24) is 20.2 Å². The molecule has 2 aliphatic rings. The summed E-state index contributed by atoms with van der Waals surface area (Å²) < 4.78 is 0. The predicted octanol–water partition coefficient (Wildman–Crippen LogP) is 2.53. The summed E-state index contributed by atoms with van der Waals surface area (Å²) in [5.74, 6) is 0.925. The first-order valence-corrected chi connectivity index (χ1v) is 9.07. The van der Waals surface area contributed by atoms with Crippen molar-refractivity contribution in [3.05, 3.63) is 24.3 Å². The van der Waals surface area contributed by atoms with Crippen LogP contribution < -0.4 is 5.32 Å². The van der Waals surface area contributed by atoms with Gasteiger partial charge in [-0.1, -0.05) is 12.8 Å². The Bertz CT molecular complexity index is 479. The van der Waals surface area contributed by atoms with Gasteiger partial charge in [0.05, 0.1) is 0 Å². The fourth-order valence-corrected chi connectivity index (χ4v) is 3.92. The molecule has 1 saturated carbocycles. The summed E-state index contributed by atoms with van der Waals surface area (Å²) in [6.07, 6.45) is 14.2. The summed E-state index contributed by atoms with van der Waals surface area (Å²) in [6.45, 7) is 2.72. The standard InChI is InChI=1S/C18H28N4O/c23-18(10-15-4-1-2-5-15)22(13-16-11-20-14-21-12-16)17-6-3-8-19-9-7-17/h11-12,14-15,17,19H,1-10,13H2/t17-/m1/s1. The largest absolute Gasteiger partial charge is 0.335 e. The Kier molecular flexibility index (Phi) is 5.97. The number of carbonyl (C=O) groups excluding carboxylic acids is 1. The molecule has 1 aliphatic carbocycles. The molecule has 1 aliphatic heterocycles. The van der Waals surface area contributed by atoms with Gasteiger partial charge < -0.3 is 10.2 Å². The van der Waals surface area contributed by atoms with Crippen LogP contribution in [0, 0.1) is 5.92 Å². The SMILES string of the molecule is O=C(CC1CCCC1)N(Cc1cncnc1)[C@@H]1CCCNCC1. The van der Waals surface area contributed by atoms with Crippen LogP contribution in [0.15, 0.2) is 18.7 Å². The van der Waals surface area contributed by atoms with Crippen LogP contribution in [0.1, 0.15) is 56.9 Å². The van der Waals surface area contributed by atoms with Gasteiger partial charge in [0.2, 0.25) is 5.91 Å². The van der Waals surface area contributed by atoms with Crippen molar-refractivity contribution in [3.63, 3.8) is 0 Å². The predicted molar refractivity (Wildman–Crippen MR) is 89.7 cm³/mol. The number of carbonyl (C=O) groups is 1. The summed E-state index contributed by atoms with van der Waals surface area (Å²) in [7, 11) is 0. The summed E-state index contributed by atoms with van der Waals surface area (Å²) in [5.41, 5.74) is 1.03. The third kappa shape index (κ3) is 4.74. The van der Waals surface area contributed by atoms with Crippen LogP contribution in [0.4, 0.5) is 0 Å². The topological polar surface area (TPSA) is 58.1 Å². The van der Waals surface area contributed by atoms with Gasteiger partial charge >= 0.3 is 0 Å². The van der Waals surface area contributed by atoms with Gasteiger partial charge in [-0.25, -0.2) is 9.97 Å². The van der Waals surface area contributed by atoms with E-state index in [2.05, 4.69) is 20.2 Å². The summed E-state index contributed by atoms with van der Waals surface area (Å²) in [4.78, 5) is 23.3. The normalized spacial score (nSPS) is 22.7. The Balaban J connectivity index is 1.69. The Morgan fingerprint density at radius 1 is 1.09 bits per heavy atom. The zero-order valence-electron chi connectivity index (χ0n) is 13.9. The van der Waals surface area contributed by atoms with E-state index >= 15 is 0 Å². The molecule has 1 N–H and O–H groups in total. The molecule has 2 fully saturated rings. The lowest BCUT2D eigenvalue weighted by atomic mass is 10.0. The number of hydrogen-bond donors (Lipinski definition) is 1. The zero-order chi connectivity index (χ0) is 15.9. The third-order valence-corrected chi connectivity index (χ3v) is 5.21. The molecule has 1 amide bonds. The van der Waals surface area contributed by atoms with E-state index in [1.807, 2.05) is 12.4 Å². The molecule has 0 radical (unpaired) electrons. The number of nitrogens with one attached hydrogen (secondary N) is 1. The van der Waals surface area contributed by atoms with E-state index in [9.17, 15) is 4.79 Å². The van der Waals surface area contributed by atoms with Gasteiger partial charge in [0.1, 0.15) is 6.33 Å². The maximum absolute atomic E-state index is 13.0. The van der Waals surface area contributed by atoms with Crippen LogP contribution in [0.25, 0.3) is 0 Å². The molecular formula is C18H28N4O. The first-order valence-electron chi connectivity index (χ1n) is 9.07. The number of amides is 1. The highest BCUT2D eigenvalue weighted by Gasteiger charge is 2.27. The average molecular weight is 316 g/mol. The van der Waals surface area contributed by atoms with Crippen molar-refractivity contribution in [2.24, 2.45) is 5.92 Å². The van der Waals surface area contributed by atoms with Crippen molar-refractivity contribution in [3.8, 4) is 0 Å². The maximum atomic E-state index is 13.0. The molecule has 5 nitrogen and oxygen atoms in total. The third-order valence-electron chi connectivity index (χ3n) is 5.21. The van der Waals surface area contributed by atoms with E-state index in [0.29, 0.717) is 24.4 Å². The van der Waals surface area contributed by atoms with Gasteiger partial charge in [0, 0.05) is 37.0 Å². The molecule has 2 heterocycles. The molecule has 5 heteroatoms. The summed E-state index contributed by atoms with van der Waals surface area (Å²) in [5, 5.41) is 3.45. The Labute approximate surface area is 138 Å². The van der Waals surface area contributed by atoms with Gasteiger partial charge in [-0.15, -0.1) is 0 Å². The Morgan fingerprint density at radius 3 is 2.65 bits per heavy atom. The highest BCUT2D eigenvalue weighted by Crippen LogP contribution is 2.29. The van der Waals surface area contributed by atoms with Crippen molar-refractivity contribution in [1.29, 1.82) is 0 Å². The Hall–Kier alpha value is -1.49. The summed E-state index contributed by atoms with van der Waals surface area (Å²) in [6, 6.07) is 0.346. The lowest BCUT2D eigenvalue weighted by Crippen LogP contribution is -2.41. The highest BCUT2D eigenvalue weighted by molar-refractivity contribution is 5.76. The molecule has 23 heavy (non-hydrogen) atoms. The van der Waals surface area contributed by atoms with Crippen LogP contribution in [0.3, 0.4) is 0 Å². The van der Waals surface area contributed by atoms with Crippen molar-refractivity contribution in [2.45, 2.75) is 64.0 Å². The molecule has 0 aromatic carbocycles. The van der Waals surface area contributed by atoms with E-state index in [-0.39, 0.29) is 0 Å². The molecule has 0 unspecified atom stereocenters. The second-order valence-electron chi connectivity index (χ2n) is 6.96. The minimum Gasteiger partial charge on any atom is -0.335 e. The van der Waals surface area contributed by atoms with Crippen LogP contribution in [-0.4, -0.2) is 39.9 Å². The van der Waals surface area contributed by atoms with E-state index < -0.39 is 0 Å². The van der Waals surface area contributed by atoms with Gasteiger partial charge in [-0.05, 0) is 51.1 Å². The van der Waals surface area contributed by atoms with Gasteiger partial charge in [-0.2, -0.15) is 0 Å². The monoisotopic (exact) mass is 316 g/mol. The minimum atomic E-state index is 0.327. The van der Waals surface area contributed by atoms with E-state index in [1.54, 1.807) is 6.33 Å². The first-order chi connectivity index (χ1) is 11.3. The summed E-state index contributed by atoms with van der Waals surface area (Å²) >= 11 is 0. The van der Waals surface area contributed by atoms with Crippen molar-refractivity contribution >= 4 is 5.91 Å².